The summed E-state index contributed by atoms with van der Waals surface area (Å²) in [5.41, 5.74) is 1.38. The van der Waals surface area contributed by atoms with E-state index >= 15 is 0 Å². The molecule has 0 saturated heterocycles. The molecule has 1 heterocycles. The van der Waals surface area contributed by atoms with Crippen LogP contribution in [0.15, 0.2) is 55.1 Å². The number of nitrogens with zero attached hydrogens (tertiary/aromatic N) is 3. The molecule has 0 bridgehead atoms. The first-order valence-electron chi connectivity index (χ1n) is 8.18. The zero-order valence-corrected chi connectivity index (χ0v) is 15.1. The van der Waals surface area contributed by atoms with Crippen LogP contribution in [0.25, 0.3) is 5.69 Å². The Balaban J connectivity index is 1.95. The number of nitro groups is 1. The number of hydrogen-bond donors (Lipinski definition) is 1. The number of anilines is 1. The zero-order valence-electron chi connectivity index (χ0n) is 15.1. The first-order valence-corrected chi connectivity index (χ1v) is 8.18. The molecule has 3 rings (SSSR count). The molecule has 28 heavy (non-hydrogen) atoms. The summed E-state index contributed by atoms with van der Waals surface area (Å²) in [7, 11) is 1.24. The van der Waals surface area contributed by atoms with Crippen molar-refractivity contribution in [1.82, 2.24) is 9.55 Å². The van der Waals surface area contributed by atoms with Crippen molar-refractivity contribution in [2.75, 3.05) is 12.4 Å². The summed E-state index contributed by atoms with van der Waals surface area (Å²) in [5.74, 6) is -1.19. The number of esters is 1. The lowest BCUT2D eigenvalue weighted by Crippen LogP contribution is -2.16. The molecule has 3 aromatic rings. The first kappa shape index (κ1) is 18.8. The number of aryl methyl sites for hydroxylation is 1. The Morgan fingerprint density at radius 3 is 2.64 bits per heavy atom. The molecule has 1 N–H and O–H groups in total. The van der Waals surface area contributed by atoms with Crippen molar-refractivity contribution in [1.29, 1.82) is 0 Å². The van der Waals surface area contributed by atoms with E-state index in [4.69, 9.17) is 4.74 Å². The van der Waals surface area contributed by atoms with E-state index in [2.05, 4.69) is 10.3 Å². The maximum atomic E-state index is 12.6. The van der Waals surface area contributed by atoms with E-state index in [0.717, 1.165) is 5.56 Å². The van der Waals surface area contributed by atoms with Gasteiger partial charge in [-0.1, -0.05) is 11.6 Å². The van der Waals surface area contributed by atoms with Gasteiger partial charge in [0.2, 0.25) is 0 Å². The minimum atomic E-state index is -0.597. The van der Waals surface area contributed by atoms with Crippen molar-refractivity contribution in [3.8, 4) is 5.69 Å². The lowest BCUT2D eigenvalue weighted by molar-refractivity contribution is -0.384. The summed E-state index contributed by atoms with van der Waals surface area (Å²) in [6, 6.07) is 9.00. The van der Waals surface area contributed by atoms with Crippen molar-refractivity contribution in [2.45, 2.75) is 6.92 Å². The maximum Gasteiger partial charge on any atom is 0.339 e. The summed E-state index contributed by atoms with van der Waals surface area (Å²) in [6.07, 6.45) is 4.49. The van der Waals surface area contributed by atoms with Crippen LogP contribution >= 0.6 is 0 Å². The first-order chi connectivity index (χ1) is 13.4. The standard InChI is InChI=1S/C19H16N4O5/c1-12-3-5-15(14(9-12)19(25)28-2)21-18(24)13-4-6-16(17(10-13)23(26)27)22-8-7-20-11-22/h3-11H,1-2H3,(H,21,24). The van der Waals surface area contributed by atoms with Gasteiger partial charge in [0.05, 0.1) is 29.6 Å². The van der Waals surface area contributed by atoms with E-state index in [-0.39, 0.29) is 28.2 Å². The van der Waals surface area contributed by atoms with Crippen LogP contribution in [0, 0.1) is 17.0 Å². The zero-order chi connectivity index (χ0) is 20.3. The molecule has 0 unspecified atom stereocenters. The molecule has 142 valence electrons. The molecule has 0 spiro atoms. The van der Waals surface area contributed by atoms with Gasteiger partial charge in [-0.15, -0.1) is 0 Å². The molecule has 1 amide bonds. The van der Waals surface area contributed by atoms with Gasteiger partial charge < -0.3 is 14.6 Å². The average Bonchev–Trinajstić information content (AvgIpc) is 3.22. The van der Waals surface area contributed by atoms with E-state index in [1.807, 2.05) is 0 Å². The van der Waals surface area contributed by atoms with Crippen LogP contribution < -0.4 is 5.32 Å². The Labute approximate surface area is 159 Å². The fourth-order valence-electron chi connectivity index (χ4n) is 2.67. The van der Waals surface area contributed by atoms with Crippen LogP contribution in [0.2, 0.25) is 0 Å². The van der Waals surface area contributed by atoms with Gasteiger partial charge in [-0.3, -0.25) is 14.9 Å². The van der Waals surface area contributed by atoms with Crippen molar-refractivity contribution in [3.63, 3.8) is 0 Å². The number of imidazole rings is 1. The smallest absolute Gasteiger partial charge is 0.339 e. The van der Waals surface area contributed by atoms with E-state index < -0.39 is 16.8 Å². The van der Waals surface area contributed by atoms with Gasteiger partial charge in [0.25, 0.3) is 11.6 Å². The number of ether oxygens (including phenoxy) is 1. The highest BCUT2D eigenvalue weighted by Gasteiger charge is 2.20. The van der Waals surface area contributed by atoms with Crippen LogP contribution in [0.1, 0.15) is 26.3 Å². The van der Waals surface area contributed by atoms with E-state index in [1.54, 1.807) is 31.3 Å². The Kier molecular flexibility index (Phi) is 5.16. The lowest BCUT2D eigenvalue weighted by atomic mass is 10.1. The Hall–Kier alpha value is -4.01. The highest BCUT2D eigenvalue weighted by atomic mass is 16.6. The van der Waals surface area contributed by atoms with Gasteiger partial charge in [0.1, 0.15) is 5.69 Å². The number of rotatable bonds is 5. The number of aromatic nitrogens is 2. The molecule has 9 nitrogen and oxygen atoms in total. The van der Waals surface area contributed by atoms with Gasteiger partial charge in [0.15, 0.2) is 0 Å². The largest absolute Gasteiger partial charge is 0.465 e. The van der Waals surface area contributed by atoms with Crippen molar-refractivity contribution in [3.05, 3.63) is 81.9 Å². The SMILES string of the molecule is COC(=O)c1cc(C)ccc1NC(=O)c1ccc(-n2ccnc2)c([N+](=O)[O-])c1. The third-order valence-electron chi connectivity index (χ3n) is 4.05. The van der Waals surface area contributed by atoms with Gasteiger partial charge in [-0.25, -0.2) is 9.78 Å². The van der Waals surface area contributed by atoms with Crippen LogP contribution in [-0.2, 0) is 4.74 Å². The van der Waals surface area contributed by atoms with Gasteiger partial charge in [-0.05, 0) is 31.2 Å². The number of nitro benzene ring substituents is 1. The summed E-state index contributed by atoms with van der Waals surface area (Å²) in [5, 5.41) is 14.1. The molecule has 0 fully saturated rings. The molecule has 0 aliphatic rings. The number of hydrogen-bond acceptors (Lipinski definition) is 6. The number of nitrogens with one attached hydrogen (secondary N) is 1. The quantitative estimate of drug-likeness (QED) is 0.413. The average molecular weight is 380 g/mol. The minimum Gasteiger partial charge on any atom is -0.465 e. The maximum absolute atomic E-state index is 12.6. The number of carbonyl (C=O) groups excluding carboxylic acids is 2. The van der Waals surface area contributed by atoms with Crippen molar-refractivity contribution < 1.29 is 19.2 Å². The second kappa shape index (κ2) is 7.70. The molecule has 0 atom stereocenters. The van der Waals surface area contributed by atoms with Gasteiger partial charge >= 0.3 is 5.97 Å². The fourth-order valence-corrected chi connectivity index (χ4v) is 2.67. The third kappa shape index (κ3) is 3.73. The van der Waals surface area contributed by atoms with Crippen molar-refractivity contribution >= 4 is 23.3 Å². The molecular weight excluding hydrogens is 364 g/mol. The topological polar surface area (TPSA) is 116 Å². The summed E-state index contributed by atoms with van der Waals surface area (Å²) >= 11 is 0. The summed E-state index contributed by atoms with van der Waals surface area (Å²) in [4.78, 5) is 39.3. The second-order valence-electron chi connectivity index (χ2n) is 5.93. The Bertz CT molecular complexity index is 1060. The normalized spacial score (nSPS) is 10.4. The predicted octanol–water partition coefficient (Wildman–Crippen LogP) is 3.13. The summed E-state index contributed by atoms with van der Waals surface area (Å²) < 4.78 is 6.22. The Morgan fingerprint density at radius 2 is 2.00 bits per heavy atom. The third-order valence-corrected chi connectivity index (χ3v) is 4.05. The van der Waals surface area contributed by atoms with Crippen LogP contribution in [-0.4, -0.2) is 33.5 Å². The number of amides is 1. The highest BCUT2D eigenvalue weighted by molar-refractivity contribution is 6.08. The van der Waals surface area contributed by atoms with Crippen molar-refractivity contribution in [2.24, 2.45) is 0 Å². The predicted molar refractivity (Wildman–Crippen MR) is 101 cm³/mol. The molecule has 0 aliphatic heterocycles. The minimum absolute atomic E-state index is 0.0759. The molecule has 2 aromatic carbocycles. The molecule has 0 radical (unpaired) electrons. The number of methoxy groups -OCH3 is 1. The fraction of sp³-hybridized carbons (Fsp3) is 0.105. The summed E-state index contributed by atoms with van der Waals surface area (Å²) in [6.45, 7) is 1.80. The Morgan fingerprint density at radius 1 is 1.21 bits per heavy atom. The van der Waals surface area contributed by atoms with Crippen LogP contribution in [0.5, 0.6) is 0 Å². The highest BCUT2D eigenvalue weighted by Crippen LogP contribution is 2.25. The van der Waals surface area contributed by atoms with Gasteiger partial charge in [0, 0.05) is 24.0 Å². The van der Waals surface area contributed by atoms with E-state index in [9.17, 15) is 19.7 Å². The van der Waals surface area contributed by atoms with Crippen LogP contribution in [0.3, 0.4) is 0 Å². The van der Waals surface area contributed by atoms with Crippen LogP contribution in [0.4, 0.5) is 11.4 Å². The monoisotopic (exact) mass is 380 g/mol. The van der Waals surface area contributed by atoms with E-state index in [0.29, 0.717) is 0 Å². The molecule has 1 aromatic heterocycles. The lowest BCUT2D eigenvalue weighted by Gasteiger charge is -2.11. The number of carbonyl (C=O) groups is 2. The molecule has 0 saturated carbocycles. The van der Waals surface area contributed by atoms with Gasteiger partial charge in [-0.2, -0.15) is 0 Å². The molecule has 9 heteroatoms. The number of benzene rings is 2. The second-order valence-corrected chi connectivity index (χ2v) is 5.93. The molecule has 0 aliphatic carbocycles. The molecular formula is C19H16N4O5. The van der Waals surface area contributed by atoms with E-state index in [1.165, 1.54) is 42.4 Å².